The van der Waals surface area contributed by atoms with Crippen molar-refractivity contribution in [2.75, 3.05) is 13.1 Å². The highest BCUT2D eigenvalue weighted by atomic mass is 16.2. The Morgan fingerprint density at radius 2 is 2.00 bits per heavy atom. The van der Waals surface area contributed by atoms with Gasteiger partial charge in [-0.25, -0.2) is 0 Å². The Hall–Kier alpha value is -1.43. The van der Waals surface area contributed by atoms with Gasteiger partial charge in [-0.1, -0.05) is 25.7 Å². The fraction of sp³-hybridized carbons (Fsp3) is 0.786. The second-order valence-corrected chi connectivity index (χ2v) is 6.07. The number of carbonyl (C=O) groups excluding carboxylic acids is 1. The standard InChI is InChI=1S/C14H23N5O/c15-10-14(5-3-1-2-4-6-14)13(20)18-7-8-19-11-16-17-12(19)9-18/h11H,1-10,15H2. The van der Waals surface area contributed by atoms with Crippen LogP contribution in [-0.4, -0.2) is 38.7 Å². The van der Waals surface area contributed by atoms with E-state index >= 15 is 0 Å². The van der Waals surface area contributed by atoms with Crippen LogP contribution >= 0.6 is 0 Å². The molecule has 0 spiro atoms. The van der Waals surface area contributed by atoms with Crippen LogP contribution in [0.1, 0.15) is 44.3 Å². The minimum atomic E-state index is -0.335. The summed E-state index contributed by atoms with van der Waals surface area (Å²) >= 11 is 0. The van der Waals surface area contributed by atoms with Crippen LogP contribution < -0.4 is 5.73 Å². The number of nitrogens with two attached hydrogens (primary N) is 1. The Bertz CT molecular complexity index is 476. The van der Waals surface area contributed by atoms with Crippen molar-refractivity contribution < 1.29 is 4.79 Å². The van der Waals surface area contributed by atoms with E-state index in [0.29, 0.717) is 13.1 Å². The van der Waals surface area contributed by atoms with Gasteiger partial charge in [0.15, 0.2) is 5.82 Å². The monoisotopic (exact) mass is 277 g/mol. The molecule has 6 nitrogen and oxygen atoms in total. The van der Waals surface area contributed by atoms with Gasteiger partial charge in [-0.2, -0.15) is 0 Å². The third kappa shape index (κ3) is 2.32. The van der Waals surface area contributed by atoms with Crippen molar-refractivity contribution in [2.24, 2.45) is 11.1 Å². The molecule has 2 aliphatic rings. The number of aromatic nitrogens is 3. The third-order valence-corrected chi connectivity index (χ3v) is 4.83. The topological polar surface area (TPSA) is 77.0 Å². The Morgan fingerprint density at radius 1 is 1.25 bits per heavy atom. The molecule has 1 aliphatic heterocycles. The van der Waals surface area contributed by atoms with E-state index in [-0.39, 0.29) is 11.3 Å². The number of carbonyl (C=O) groups is 1. The number of nitrogens with zero attached hydrogens (tertiary/aromatic N) is 4. The average molecular weight is 277 g/mol. The van der Waals surface area contributed by atoms with Crippen LogP contribution in [0.25, 0.3) is 0 Å². The Labute approximate surface area is 119 Å². The molecule has 0 aromatic carbocycles. The molecule has 2 N–H and O–H groups in total. The Morgan fingerprint density at radius 3 is 2.70 bits per heavy atom. The predicted molar refractivity (Wildman–Crippen MR) is 74.6 cm³/mol. The fourth-order valence-electron chi connectivity index (χ4n) is 3.49. The molecule has 2 heterocycles. The highest BCUT2D eigenvalue weighted by Gasteiger charge is 2.40. The second-order valence-electron chi connectivity index (χ2n) is 6.07. The lowest BCUT2D eigenvalue weighted by Crippen LogP contribution is -2.50. The maximum absolute atomic E-state index is 13.0. The minimum absolute atomic E-state index is 0.233. The molecule has 1 aromatic heterocycles. The molecule has 6 heteroatoms. The van der Waals surface area contributed by atoms with Crippen molar-refractivity contribution in [3.05, 3.63) is 12.2 Å². The van der Waals surface area contributed by atoms with Crippen molar-refractivity contribution in [2.45, 2.75) is 51.6 Å². The first-order valence-electron chi connectivity index (χ1n) is 7.61. The zero-order valence-electron chi connectivity index (χ0n) is 11.9. The first-order valence-corrected chi connectivity index (χ1v) is 7.61. The summed E-state index contributed by atoms with van der Waals surface area (Å²) in [6.07, 6.45) is 8.30. The zero-order valence-corrected chi connectivity index (χ0v) is 11.9. The van der Waals surface area contributed by atoms with Crippen LogP contribution in [0.5, 0.6) is 0 Å². The van der Waals surface area contributed by atoms with Crippen molar-refractivity contribution in [3.63, 3.8) is 0 Å². The lowest BCUT2D eigenvalue weighted by atomic mass is 9.79. The van der Waals surface area contributed by atoms with E-state index in [1.54, 1.807) is 6.33 Å². The summed E-state index contributed by atoms with van der Waals surface area (Å²) in [6.45, 7) is 2.57. The van der Waals surface area contributed by atoms with E-state index in [4.69, 9.17) is 5.73 Å². The third-order valence-electron chi connectivity index (χ3n) is 4.83. The van der Waals surface area contributed by atoms with Crippen molar-refractivity contribution in [3.8, 4) is 0 Å². The molecule has 0 atom stereocenters. The summed E-state index contributed by atoms with van der Waals surface area (Å²) < 4.78 is 2.02. The van der Waals surface area contributed by atoms with Gasteiger partial charge >= 0.3 is 0 Å². The molecule has 0 unspecified atom stereocenters. The Kier molecular flexibility index (Phi) is 3.74. The average Bonchev–Trinajstić information content (AvgIpc) is 2.81. The first kappa shape index (κ1) is 13.5. The van der Waals surface area contributed by atoms with Crippen molar-refractivity contribution in [1.82, 2.24) is 19.7 Å². The molecular weight excluding hydrogens is 254 g/mol. The molecule has 0 saturated heterocycles. The van der Waals surface area contributed by atoms with Crippen LogP contribution in [-0.2, 0) is 17.9 Å². The molecule has 20 heavy (non-hydrogen) atoms. The Balaban J connectivity index is 1.77. The van der Waals surface area contributed by atoms with Crippen LogP contribution in [0.4, 0.5) is 0 Å². The quantitative estimate of drug-likeness (QED) is 0.815. The summed E-state index contributed by atoms with van der Waals surface area (Å²) in [5.41, 5.74) is 5.67. The lowest BCUT2D eigenvalue weighted by molar-refractivity contribution is -0.144. The van der Waals surface area contributed by atoms with Gasteiger partial charge in [0.2, 0.25) is 5.91 Å². The van der Waals surface area contributed by atoms with E-state index in [2.05, 4.69) is 10.2 Å². The zero-order chi connectivity index (χ0) is 14.0. The largest absolute Gasteiger partial charge is 0.333 e. The molecule has 0 bridgehead atoms. The van der Waals surface area contributed by atoms with E-state index in [9.17, 15) is 4.79 Å². The van der Waals surface area contributed by atoms with Crippen LogP contribution in [0, 0.1) is 5.41 Å². The van der Waals surface area contributed by atoms with Gasteiger partial charge in [0, 0.05) is 19.6 Å². The van der Waals surface area contributed by atoms with Crippen molar-refractivity contribution in [1.29, 1.82) is 0 Å². The highest BCUT2D eigenvalue weighted by molar-refractivity contribution is 5.83. The van der Waals surface area contributed by atoms with E-state index in [0.717, 1.165) is 44.6 Å². The summed E-state index contributed by atoms with van der Waals surface area (Å²) in [7, 11) is 0. The van der Waals surface area contributed by atoms with E-state index in [1.165, 1.54) is 12.8 Å². The van der Waals surface area contributed by atoms with Gasteiger partial charge in [-0.15, -0.1) is 10.2 Å². The van der Waals surface area contributed by atoms with E-state index in [1.807, 2.05) is 9.47 Å². The molecular formula is C14H23N5O. The number of fused-ring (bicyclic) bond motifs is 1. The highest BCUT2D eigenvalue weighted by Crippen LogP contribution is 2.36. The minimum Gasteiger partial charge on any atom is -0.333 e. The predicted octanol–water partition coefficient (Wildman–Crippen LogP) is 0.920. The van der Waals surface area contributed by atoms with Gasteiger partial charge in [0.05, 0.1) is 12.0 Å². The van der Waals surface area contributed by atoms with Crippen LogP contribution in [0.2, 0.25) is 0 Å². The molecule has 1 fully saturated rings. The number of hydrogen-bond acceptors (Lipinski definition) is 4. The van der Waals surface area contributed by atoms with Gasteiger partial charge in [0.25, 0.3) is 0 Å². The maximum Gasteiger partial charge on any atom is 0.230 e. The number of hydrogen-bond donors (Lipinski definition) is 1. The fourth-order valence-corrected chi connectivity index (χ4v) is 3.49. The summed E-state index contributed by atoms with van der Waals surface area (Å²) in [6, 6.07) is 0. The molecule has 1 aliphatic carbocycles. The smallest absolute Gasteiger partial charge is 0.230 e. The summed E-state index contributed by atoms with van der Waals surface area (Å²) in [5, 5.41) is 8.00. The first-order chi connectivity index (χ1) is 9.75. The van der Waals surface area contributed by atoms with Crippen LogP contribution in [0.3, 0.4) is 0 Å². The van der Waals surface area contributed by atoms with Gasteiger partial charge in [-0.3, -0.25) is 4.79 Å². The van der Waals surface area contributed by atoms with Crippen LogP contribution in [0.15, 0.2) is 6.33 Å². The SMILES string of the molecule is NCC1(C(=O)N2CCn3cnnc3C2)CCCCCC1. The molecule has 0 radical (unpaired) electrons. The number of rotatable bonds is 2. The molecule has 1 amide bonds. The van der Waals surface area contributed by atoms with Gasteiger partial charge in [0.1, 0.15) is 6.33 Å². The molecule has 1 aromatic rings. The van der Waals surface area contributed by atoms with Gasteiger partial charge in [-0.05, 0) is 12.8 Å². The molecule has 1 saturated carbocycles. The normalized spacial score (nSPS) is 22.1. The van der Waals surface area contributed by atoms with E-state index < -0.39 is 0 Å². The maximum atomic E-state index is 13.0. The second kappa shape index (κ2) is 5.52. The summed E-state index contributed by atoms with van der Waals surface area (Å²) in [4.78, 5) is 14.9. The molecule has 3 rings (SSSR count). The van der Waals surface area contributed by atoms with Crippen molar-refractivity contribution >= 4 is 5.91 Å². The summed E-state index contributed by atoms with van der Waals surface area (Å²) in [5.74, 6) is 1.11. The lowest BCUT2D eigenvalue weighted by Gasteiger charge is -2.37. The van der Waals surface area contributed by atoms with Gasteiger partial charge < -0.3 is 15.2 Å². The molecule has 110 valence electrons. The number of amides is 1.